The largest absolute Gasteiger partial charge is 0.350 e. The average Bonchev–Trinajstić information content (AvgIpc) is 3.23. The Hall–Kier alpha value is -2.12. The lowest BCUT2D eigenvalue weighted by atomic mass is 10.1. The number of aryl methyl sites for hydroxylation is 2. The third-order valence-corrected chi connectivity index (χ3v) is 6.05. The SMILES string of the molecule is CCn1c(SCC(=O)NCc2sccc2C)nnc1-c1cccc(C)c1. The summed E-state index contributed by atoms with van der Waals surface area (Å²) < 4.78 is 2.05. The van der Waals surface area contributed by atoms with Gasteiger partial charge in [0.05, 0.1) is 12.3 Å². The molecule has 136 valence electrons. The molecule has 2 aromatic heterocycles. The minimum Gasteiger partial charge on any atom is -0.350 e. The maximum atomic E-state index is 12.2. The normalized spacial score (nSPS) is 10.9. The molecule has 0 aliphatic carbocycles. The number of thioether (sulfide) groups is 1. The molecule has 0 radical (unpaired) electrons. The molecule has 1 aromatic carbocycles. The van der Waals surface area contributed by atoms with Crippen molar-refractivity contribution in [3.8, 4) is 11.4 Å². The van der Waals surface area contributed by atoms with Gasteiger partial charge in [0.15, 0.2) is 11.0 Å². The summed E-state index contributed by atoms with van der Waals surface area (Å²) in [7, 11) is 0. The first-order chi connectivity index (χ1) is 12.6. The maximum Gasteiger partial charge on any atom is 0.230 e. The molecule has 2 heterocycles. The van der Waals surface area contributed by atoms with Crippen LogP contribution >= 0.6 is 23.1 Å². The van der Waals surface area contributed by atoms with Gasteiger partial charge in [-0.25, -0.2) is 0 Å². The number of hydrogen-bond donors (Lipinski definition) is 1. The quantitative estimate of drug-likeness (QED) is 0.622. The number of benzene rings is 1. The second-order valence-electron chi connectivity index (χ2n) is 6.01. The fourth-order valence-corrected chi connectivity index (χ4v) is 4.30. The summed E-state index contributed by atoms with van der Waals surface area (Å²) in [4.78, 5) is 13.4. The second kappa shape index (κ2) is 8.51. The number of thiophene rings is 1. The van der Waals surface area contributed by atoms with E-state index in [1.807, 2.05) is 17.5 Å². The lowest BCUT2D eigenvalue weighted by molar-refractivity contribution is -0.118. The lowest BCUT2D eigenvalue weighted by Gasteiger charge is -2.08. The topological polar surface area (TPSA) is 59.8 Å². The van der Waals surface area contributed by atoms with Gasteiger partial charge in [0, 0.05) is 17.0 Å². The Kier molecular flexibility index (Phi) is 6.11. The summed E-state index contributed by atoms with van der Waals surface area (Å²) in [5, 5.41) is 14.4. The highest BCUT2D eigenvalue weighted by molar-refractivity contribution is 7.99. The molecule has 1 N–H and O–H groups in total. The van der Waals surface area contributed by atoms with Crippen molar-refractivity contribution >= 4 is 29.0 Å². The van der Waals surface area contributed by atoms with Gasteiger partial charge < -0.3 is 9.88 Å². The number of carbonyl (C=O) groups is 1. The third kappa shape index (κ3) is 4.34. The molecule has 0 saturated carbocycles. The van der Waals surface area contributed by atoms with Gasteiger partial charge in [-0.15, -0.1) is 21.5 Å². The van der Waals surface area contributed by atoms with Crippen LogP contribution in [0.4, 0.5) is 0 Å². The smallest absolute Gasteiger partial charge is 0.230 e. The van der Waals surface area contributed by atoms with E-state index in [-0.39, 0.29) is 5.91 Å². The van der Waals surface area contributed by atoms with E-state index >= 15 is 0 Å². The Balaban J connectivity index is 1.63. The Morgan fingerprint density at radius 3 is 2.81 bits per heavy atom. The van der Waals surface area contributed by atoms with Gasteiger partial charge in [-0.05, 0) is 43.8 Å². The summed E-state index contributed by atoms with van der Waals surface area (Å²) in [6, 6.07) is 10.3. The first-order valence-corrected chi connectivity index (χ1v) is 10.4. The number of rotatable bonds is 7. The van der Waals surface area contributed by atoms with Crippen molar-refractivity contribution in [3.63, 3.8) is 0 Å². The van der Waals surface area contributed by atoms with Gasteiger partial charge in [0.1, 0.15) is 0 Å². The molecule has 0 aliphatic heterocycles. The minimum absolute atomic E-state index is 0.00515. The zero-order valence-electron chi connectivity index (χ0n) is 15.2. The third-order valence-electron chi connectivity index (χ3n) is 4.06. The van der Waals surface area contributed by atoms with Gasteiger partial charge in [-0.2, -0.15) is 0 Å². The van der Waals surface area contributed by atoms with Gasteiger partial charge in [-0.3, -0.25) is 4.79 Å². The van der Waals surface area contributed by atoms with Crippen LogP contribution in [0.1, 0.15) is 22.9 Å². The Labute approximate surface area is 161 Å². The number of nitrogens with zero attached hydrogens (tertiary/aromatic N) is 3. The molecule has 1 amide bonds. The van der Waals surface area contributed by atoms with Crippen LogP contribution in [0.2, 0.25) is 0 Å². The minimum atomic E-state index is 0.00515. The van der Waals surface area contributed by atoms with Crippen molar-refractivity contribution in [2.75, 3.05) is 5.75 Å². The highest BCUT2D eigenvalue weighted by atomic mass is 32.2. The molecule has 0 fully saturated rings. The van der Waals surface area contributed by atoms with Crippen molar-refractivity contribution < 1.29 is 4.79 Å². The van der Waals surface area contributed by atoms with Crippen LogP contribution in [0.5, 0.6) is 0 Å². The molecular weight excluding hydrogens is 364 g/mol. The van der Waals surface area contributed by atoms with E-state index in [9.17, 15) is 4.79 Å². The van der Waals surface area contributed by atoms with Crippen molar-refractivity contribution in [2.24, 2.45) is 0 Å². The predicted molar refractivity (Wildman–Crippen MR) is 107 cm³/mol. The van der Waals surface area contributed by atoms with Gasteiger partial charge >= 0.3 is 0 Å². The summed E-state index contributed by atoms with van der Waals surface area (Å²) >= 11 is 3.09. The zero-order valence-corrected chi connectivity index (χ0v) is 16.8. The van der Waals surface area contributed by atoms with Gasteiger partial charge in [-0.1, -0.05) is 35.5 Å². The van der Waals surface area contributed by atoms with Gasteiger partial charge in [0.2, 0.25) is 5.91 Å². The molecule has 7 heteroatoms. The summed E-state index contributed by atoms with van der Waals surface area (Å²) in [6.45, 7) is 7.52. The maximum absolute atomic E-state index is 12.2. The fourth-order valence-electron chi connectivity index (χ4n) is 2.62. The molecular formula is C19H22N4OS2. The fraction of sp³-hybridized carbons (Fsp3) is 0.316. The average molecular weight is 387 g/mol. The van der Waals surface area contributed by atoms with E-state index in [1.54, 1.807) is 11.3 Å². The van der Waals surface area contributed by atoms with E-state index in [2.05, 4.69) is 59.1 Å². The zero-order chi connectivity index (χ0) is 18.5. The highest BCUT2D eigenvalue weighted by Crippen LogP contribution is 2.24. The monoisotopic (exact) mass is 386 g/mol. The number of aromatic nitrogens is 3. The molecule has 5 nitrogen and oxygen atoms in total. The molecule has 0 aliphatic rings. The van der Waals surface area contributed by atoms with Crippen molar-refractivity contribution in [1.82, 2.24) is 20.1 Å². The molecule has 26 heavy (non-hydrogen) atoms. The van der Waals surface area contributed by atoms with Crippen LogP contribution in [0.25, 0.3) is 11.4 Å². The molecule has 3 aromatic rings. The summed E-state index contributed by atoms with van der Waals surface area (Å²) in [5.41, 5.74) is 3.45. The number of amides is 1. The van der Waals surface area contributed by atoms with E-state index in [4.69, 9.17) is 0 Å². The molecule has 0 saturated heterocycles. The molecule has 0 spiro atoms. The number of hydrogen-bond acceptors (Lipinski definition) is 5. The summed E-state index contributed by atoms with van der Waals surface area (Å²) in [6.07, 6.45) is 0. The number of nitrogens with one attached hydrogen (secondary N) is 1. The van der Waals surface area contributed by atoms with Gasteiger partial charge in [0.25, 0.3) is 0 Å². The molecule has 0 unspecified atom stereocenters. The van der Waals surface area contributed by atoms with Crippen molar-refractivity contribution in [3.05, 3.63) is 51.7 Å². The van der Waals surface area contributed by atoms with E-state index in [0.29, 0.717) is 12.3 Å². The second-order valence-corrected chi connectivity index (χ2v) is 7.96. The highest BCUT2D eigenvalue weighted by Gasteiger charge is 2.14. The van der Waals surface area contributed by atoms with Crippen molar-refractivity contribution in [1.29, 1.82) is 0 Å². The first-order valence-electron chi connectivity index (χ1n) is 8.51. The van der Waals surface area contributed by atoms with Crippen LogP contribution in [-0.2, 0) is 17.9 Å². The van der Waals surface area contributed by atoms with Crippen LogP contribution in [0.15, 0.2) is 40.9 Å². The van der Waals surface area contributed by atoms with E-state index in [0.717, 1.165) is 23.1 Å². The molecule has 3 rings (SSSR count). The Bertz CT molecular complexity index is 901. The molecule has 0 atom stereocenters. The van der Waals surface area contributed by atoms with Crippen LogP contribution < -0.4 is 5.32 Å². The van der Waals surface area contributed by atoms with Crippen LogP contribution in [0.3, 0.4) is 0 Å². The van der Waals surface area contributed by atoms with Crippen LogP contribution in [0, 0.1) is 13.8 Å². The van der Waals surface area contributed by atoms with E-state index in [1.165, 1.54) is 27.8 Å². The van der Waals surface area contributed by atoms with Crippen molar-refractivity contribution in [2.45, 2.75) is 39.0 Å². The standard InChI is InChI=1S/C19H22N4OS2/c1-4-23-18(15-7-5-6-13(2)10-15)21-22-19(23)26-12-17(24)20-11-16-14(3)8-9-25-16/h5-10H,4,11-12H2,1-3H3,(H,20,24). The van der Waals surface area contributed by atoms with E-state index < -0.39 is 0 Å². The Morgan fingerprint density at radius 1 is 1.27 bits per heavy atom. The summed E-state index contributed by atoms with van der Waals surface area (Å²) in [5.74, 6) is 1.18. The lowest BCUT2D eigenvalue weighted by Crippen LogP contribution is -2.24. The first kappa shape index (κ1) is 18.7. The Morgan fingerprint density at radius 2 is 2.12 bits per heavy atom. The predicted octanol–water partition coefficient (Wildman–Crippen LogP) is 4.05. The molecule has 0 bridgehead atoms. The number of carbonyl (C=O) groups excluding carboxylic acids is 1. The van der Waals surface area contributed by atoms with Crippen LogP contribution in [-0.4, -0.2) is 26.4 Å².